The highest BCUT2D eigenvalue weighted by Crippen LogP contribution is 2.20. The molecule has 11 nitrogen and oxygen atoms in total. The van der Waals surface area contributed by atoms with Crippen molar-refractivity contribution in [1.82, 2.24) is 9.80 Å². The number of aliphatic carboxylic acids is 1. The number of hydrogen-bond donors (Lipinski definition) is 3. The molecule has 1 fully saturated rings. The molecule has 2 atom stereocenters. The Balaban J connectivity index is 1.69. The quantitative estimate of drug-likeness (QED) is 0.313. The average Bonchev–Trinajstić information content (AvgIpc) is 3.41. The summed E-state index contributed by atoms with van der Waals surface area (Å²) in [7, 11) is 0. The number of ether oxygens (including phenoxy) is 1. The lowest BCUT2D eigenvalue weighted by Gasteiger charge is -2.24. The van der Waals surface area contributed by atoms with Crippen molar-refractivity contribution in [2.75, 3.05) is 13.1 Å². The van der Waals surface area contributed by atoms with Crippen LogP contribution in [0.4, 0.5) is 4.79 Å². The molecule has 0 bridgehead atoms. The Kier molecular flexibility index (Phi) is 10.4. The van der Waals surface area contributed by atoms with Crippen LogP contribution in [0.1, 0.15) is 36.8 Å². The second kappa shape index (κ2) is 13.9. The first-order valence-electron chi connectivity index (χ1n) is 12.4. The molecule has 1 saturated heterocycles. The maximum absolute atomic E-state index is 13.1. The number of likely N-dealkylation sites (tertiary alicyclic amines) is 1. The van der Waals surface area contributed by atoms with Crippen LogP contribution in [0.15, 0.2) is 65.7 Å². The minimum Gasteiger partial charge on any atom is -0.480 e. The van der Waals surface area contributed by atoms with E-state index in [1.165, 1.54) is 4.90 Å². The van der Waals surface area contributed by atoms with Gasteiger partial charge in [-0.1, -0.05) is 60.7 Å². The third-order valence-corrected chi connectivity index (χ3v) is 6.20. The van der Waals surface area contributed by atoms with E-state index in [2.05, 4.69) is 4.99 Å². The Labute approximate surface area is 221 Å². The molecule has 0 aliphatic carbocycles. The average molecular weight is 524 g/mol. The van der Waals surface area contributed by atoms with E-state index in [1.807, 2.05) is 36.4 Å². The summed E-state index contributed by atoms with van der Waals surface area (Å²) in [6, 6.07) is 16.3. The van der Waals surface area contributed by atoms with Crippen LogP contribution < -0.4 is 11.5 Å². The van der Waals surface area contributed by atoms with Crippen molar-refractivity contribution in [2.24, 2.45) is 16.5 Å². The molecular weight excluding hydrogens is 490 g/mol. The fraction of sp³-hybridized carbons (Fsp3) is 0.370. The zero-order valence-electron chi connectivity index (χ0n) is 21.1. The Hall–Kier alpha value is -4.25. The number of aliphatic imine (C=N–C) groups is 1. The summed E-state index contributed by atoms with van der Waals surface area (Å²) in [6.07, 6.45) is 0.651. The minimum absolute atomic E-state index is 0.0313. The summed E-state index contributed by atoms with van der Waals surface area (Å²) in [4.78, 5) is 56.3. The number of nitrogens with zero attached hydrogens (tertiary/aromatic N) is 3. The molecule has 1 aliphatic rings. The molecular formula is C27H33N5O6. The van der Waals surface area contributed by atoms with Crippen LogP contribution in [0.25, 0.3) is 0 Å². The van der Waals surface area contributed by atoms with Gasteiger partial charge in [0.1, 0.15) is 18.7 Å². The third kappa shape index (κ3) is 8.13. The number of guanidine groups is 1. The van der Waals surface area contributed by atoms with Gasteiger partial charge in [0.05, 0.1) is 6.42 Å². The van der Waals surface area contributed by atoms with Crippen LogP contribution in [-0.2, 0) is 32.1 Å². The van der Waals surface area contributed by atoms with Crippen LogP contribution in [0, 0.1) is 0 Å². The van der Waals surface area contributed by atoms with Crippen LogP contribution in [0.3, 0.4) is 0 Å². The lowest BCUT2D eigenvalue weighted by Crippen LogP contribution is -2.46. The van der Waals surface area contributed by atoms with E-state index in [1.54, 1.807) is 24.3 Å². The van der Waals surface area contributed by atoms with Crippen molar-refractivity contribution in [3.8, 4) is 0 Å². The van der Waals surface area contributed by atoms with E-state index in [9.17, 15) is 19.2 Å². The first-order chi connectivity index (χ1) is 18.3. The number of carbonyl (C=O) groups excluding carboxylic acids is 3. The predicted octanol–water partition coefficient (Wildman–Crippen LogP) is 1.89. The van der Waals surface area contributed by atoms with Gasteiger partial charge in [-0.05, 0) is 36.8 Å². The molecule has 38 heavy (non-hydrogen) atoms. The number of hydrogen-bond acceptors (Lipinski definition) is 6. The summed E-state index contributed by atoms with van der Waals surface area (Å²) < 4.78 is 5.35. The molecule has 11 heteroatoms. The van der Waals surface area contributed by atoms with Gasteiger partial charge in [-0.25, -0.2) is 9.69 Å². The van der Waals surface area contributed by atoms with E-state index < -0.39 is 30.1 Å². The summed E-state index contributed by atoms with van der Waals surface area (Å²) in [6.45, 7) is 0.336. The Morgan fingerprint density at radius 2 is 1.68 bits per heavy atom. The maximum Gasteiger partial charge on any atom is 0.416 e. The van der Waals surface area contributed by atoms with E-state index in [0.717, 1.165) is 16.0 Å². The van der Waals surface area contributed by atoms with Gasteiger partial charge in [0.2, 0.25) is 11.9 Å². The van der Waals surface area contributed by atoms with Gasteiger partial charge >= 0.3 is 12.1 Å². The molecule has 202 valence electrons. The summed E-state index contributed by atoms with van der Waals surface area (Å²) in [5.74, 6) is -2.38. The number of nitrogens with two attached hydrogens (primary N) is 2. The molecule has 2 aromatic carbocycles. The Morgan fingerprint density at radius 1 is 1.05 bits per heavy atom. The van der Waals surface area contributed by atoms with Gasteiger partial charge in [-0.15, -0.1) is 0 Å². The number of benzene rings is 2. The molecule has 0 radical (unpaired) electrons. The third-order valence-electron chi connectivity index (χ3n) is 6.20. The molecule has 0 saturated carbocycles. The normalized spacial score (nSPS) is 16.1. The van der Waals surface area contributed by atoms with Crippen molar-refractivity contribution in [3.63, 3.8) is 0 Å². The van der Waals surface area contributed by atoms with Gasteiger partial charge in [0.25, 0.3) is 5.91 Å². The first-order valence-corrected chi connectivity index (χ1v) is 12.4. The van der Waals surface area contributed by atoms with Gasteiger partial charge in [-0.2, -0.15) is 4.99 Å². The number of carboxylic acid groups (broad SMARTS) is 1. The van der Waals surface area contributed by atoms with Crippen molar-refractivity contribution < 1.29 is 29.0 Å². The SMILES string of the molecule is NC(=NC(=O)[C@@H]1CCCN1C(=O)Cc1ccccc1)N(CCC[C@H](N)C(=O)O)C(=O)OCc1ccccc1. The summed E-state index contributed by atoms with van der Waals surface area (Å²) in [5.41, 5.74) is 13.2. The number of carbonyl (C=O) groups is 4. The number of amides is 3. The van der Waals surface area contributed by atoms with Crippen LogP contribution in [0.5, 0.6) is 0 Å². The van der Waals surface area contributed by atoms with E-state index >= 15 is 0 Å². The van der Waals surface area contributed by atoms with E-state index in [4.69, 9.17) is 21.3 Å². The van der Waals surface area contributed by atoms with Crippen molar-refractivity contribution >= 4 is 29.8 Å². The lowest BCUT2D eigenvalue weighted by atomic mass is 10.1. The molecule has 2 aromatic rings. The second-order valence-electron chi connectivity index (χ2n) is 8.99. The maximum atomic E-state index is 13.1. The highest BCUT2D eigenvalue weighted by molar-refractivity contribution is 6.01. The topological polar surface area (TPSA) is 169 Å². The molecule has 0 aromatic heterocycles. The van der Waals surface area contributed by atoms with Gasteiger partial charge < -0.3 is 26.2 Å². The van der Waals surface area contributed by atoms with Gasteiger partial charge in [0, 0.05) is 13.1 Å². The zero-order chi connectivity index (χ0) is 27.5. The zero-order valence-corrected chi connectivity index (χ0v) is 21.1. The molecule has 3 rings (SSSR count). The van der Waals surface area contributed by atoms with Gasteiger partial charge in [-0.3, -0.25) is 14.4 Å². The fourth-order valence-electron chi connectivity index (χ4n) is 4.13. The monoisotopic (exact) mass is 523 g/mol. The largest absolute Gasteiger partial charge is 0.480 e. The summed E-state index contributed by atoms with van der Waals surface area (Å²) >= 11 is 0. The molecule has 1 aliphatic heterocycles. The predicted molar refractivity (Wildman–Crippen MR) is 140 cm³/mol. The van der Waals surface area contributed by atoms with Crippen LogP contribution >= 0.6 is 0 Å². The minimum atomic E-state index is -1.17. The first kappa shape index (κ1) is 28.3. The van der Waals surface area contributed by atoms with E-state index in [-0.39, 0.29) is 44.3 Å². The highest BCUT2D eigenvalue weighted by atomic mass is 16.6. The molecule has 5 N–H and O–H groups in total. The van der Waals surface area contributed by atoms with E-state index in [0.29, 0.717) is 19.4 Å². The summed E-state index contributed by atoms with van der Waals surface area (Å²) in [5, 5.41) is 9.02. The second-order valence-corrected chi connectivity index (χ2v) is 8.99. The van der Waals surface area contributed by atoms with Crippen molar-refractivity contribution in [2.45, 2.75) is 50.8 Å². The van der Waals surface area contributed by atoms with Crippen LogP contribution in [-0.4, -0.2) is 69.9 Å². The molecule has 3 amide bonds. The standard InChI is InChI=1S/C27H33N5O6/c28-21(25(35)36)13-7-16-32(27(37)38-18-20-11-5-2-6-12-20)26(29)30-24(34)22-14-8-15-31(22)23(33)17-19-9-3-1-4-10-19/h1-6,9-12,21-22H,7-8,13-18,28H2,(H,35,36)(H2,29,30,34)/t21-,22-/m0/s1. The molecule has 0 unspecified atom stereocenters. The number of rotatable bonds is 10. The van der Waals surface area contributed by atoms with Gasteiger partial charge in [0.15, 0.2) is 0 Å². The van der Waals surface area contributed by atoms with Crippen molar-refractivity contribution in [1.29, 1.82) is 0 Å². The lowest BCUT2D eigenvalue weighted by molar-refractivity contribution is -0.138. The van der Waals surface area contributed by atoms with Crippen molar-refractivity contribution in [3.05, 3.63) is 71.8 Å². The fourth-order valence-corrected chi connectivity index (χ4v) is 4.13. The molecule has 0 spiro atoms. The highest BCUT2D eigenvalue weighted by Gasteiger charge is 2.34. The van der Waals surface area contributed by atoms with Crippen LogP contribution in [0.2, 0.25) is 0 Å². The number of carboxylic acids is 1. The Bertz CT molecular complexity index is 1140. The molecule has 1 heterocycles. The smallest absolute Gasteiger partial charge is 0.416 e. The Morgan fingerprint density at radius 3 is 2.32 bits per heavy atom.